The lowest BCUT2D eigenvalue weighted by molar-refractivity contribution is -0.120. The summed E-state index contributed by atoms with van der Waals surface area (Å²) in [5.74, 6) is -4.37. The monoisotopic (exact) mass is 576 g/mol. The summed E-state index contributed by atoms with van der Waals surface area (Å²) in [5, 5.41) is 45.3. The van der Waals surface area contributed by atoms with Crippen molar-refractivity contribution >= 4 is 11.7 Å². The number of allylic oxidation sites excluding steroid dienone is 1. The van der Waals surface area contributed by atoms with E-state index in [4.69, 9.17) is 11.5 Å². The number of rotatable bonds is 7. The predicted molar refractivity (Wildman–Crippen MR) is 159 cm³/mol. The number of aromatic hydroxyl groups is 1. The van der Waals surface area contributed by atoms with E-state index in [9.17, 15) is 30.0 Å². The van der Waals surface area contributed by atoms with Gasteiger partial charge in [0.2, 0.25) is 0 Å². The number of aliphatic hydroxyl groups excluding tert-OH is 2. The van der Waals surface area contributed by atoms with Crippen molar-refractivity contribution in [2.45, 2.75) is 38.0 Å². The third-order valence-corrected chi connectivity index (χ3v) is 9.23. The van der Waals surface area contributed by atoms with Crippen LogP contribution in [0.25, 0.3) is 11.1 Å². The van der Waals surface area contributed by atoms with Crippen molar-refractivity contribution in [2.75, 3.05) is 34.2 Å². The van der Waals surface area contributed by atoms with Crippen molar-refractivity contribution in [3.63, 3.8) is 0 Å². The van der Waals surface area contributed by atoms with E-state index in [2.05, 4.69) is 11.0 Å². The molecule has 0 saturated heterocycles. The second-order valence-corrected chi connectivity index (χ2v) is 12.3. The van der Waals surface area contributed by atoms with E-state index in [1.54, 1.807) is 19.0 Å². The summed E-state index contributed by atoms with van der Waals surface area (Å²) in [5.41, 5.74) is 12.6. The van der Waals surface area contributed by atoms with Gasteiger partial charge in [0.05, 0.1) is 23.1 Å². The number of fused-ring (bicyclic) bond motifs is 3. The van der Waals surface area contributed by atoms with Gasteiger partial charge in [-0.3, -0.25) is 14.5 Å². The highest BCUT2D eigenvalue weighted by Gasteiger charge is 2.59. The van der Waals surface area contributed by atoms with Crippen LogP contribution in [0, 0.1) is 17.8 Å². The number of phenolic OH excluding ortho intramolecular Hbond substituents is 1. The SMILES string of the molecule is CN(CCN)Cc1cccc(-c2ccc(O)c3c2CC2CC4C(C(O)=C2C3=O)[C@@](C)(O)C(C(N)=O)=C(O)[C@H]4N(C)C)c1. The molecule has 2 aromatic rings. The van der Waals surface area contributed by atoms with Crippen LogP contribution in [0.4, 0.5) is 0 Å². The van der Waals surface area contributed by atoms with E-state index in [1.165, 1.54) is 13.0 Å². The third kappa shape index (κ3) is 4.68. The number of phenols is 1. The van der Waals surface area contributed by atoms with Crippen LogP contribution in [0.2, 0.25) is 0 Å². The zero-order chi connectivity index (χ0) is 30.7. The number of hydrogen-bond donors (Lipinski definition) is 6. The maximum absolute atomic E-state index is 14.1. The molecule has 0 saturated carbocycles. The minimum Gasteiger partial charge on any atom is -0.511 e. The fraction of sp³-hybridized carbons (Fsp3) is 0.438. The highest BCUT2D eigenvalue weighted by molar-refractivity contribution is 6.14. The van der Waals surface area contributed by atoms with Crippen LogP contribution in [0.5, 0.6) is 5.75 Å². The van der Waals surface area contributed by atoms with E-state index in [0.717, 1.165) is 23.2 Å². The summed E-state index contributed by atoms with van der Waals surface area (Å²) in [6, 6.07) is 10.6. The Morgan fingerprint density at radius 3 is 2.45 bits per heavy atom. The van der Waals surface area contributed by atoms with Crippen LogP contribution in [0.3, 0.4) is 0 Å². The fourth-order valence-corrected chi connectivity index (χ4v) is 7.61. The van der Waals surface area contributed by atoms with E-state index in [0.29, 0.717) is 31.5 Å². The van der Waals surface area contributed by atoms with E-state index >= 15 is 0 Å². The number of nitrogens with zero attached hydrogens (tertiary/aromatic N) is 2. The standard InChI is InChI=1S/C32H40N4O6/c1-32(42)25-21(27(35(2)3)30(40)26(32)31(34)41)14-18-13-20-19(8-9-22(37)24(20)28(38)23(18)29(25)39)17-7-5-6-16(12-17)15-36(4)11-10-33/h5-9,12,18,21,25,27,37,39-40,42H,10-11,13-15,33H2,1-4H3,(H2,34,41)/t18?,21?,25?,27-,32+/m0/s1. The normalized spacial score (nSPS) is 27.3. The van der Waals surface area contributed by atoms with Gasteiger partial charge in [-0.1, -0.05) is 24.3 Å². The number of nitrogens with two attached hydrogens (primary N) is 2. The molecule has 0 aliphatic heterocycles. The molecule has 5 atom stereocenters. The number of amides is 1. The number of likely N-dealkylation sites (N-methyl/N-ethyl adjacent to an activating group) is 2. The highest BCUT2D eigenvalue weighted by Crippen LogP contribution is 2.55. The molecule has 8 N–H and O–H groups in total. The van der Waals surface area contributed by atoms with Gasteiger partial charge in [0.25, 0.3) is 5.91 Å². The molecule has 3 aliphatic carbocycles. The van der Waals surface area contributed by atoms with Crippen molar-refractivity contribution in [3.8, 4) is 16.9 Å². The van der Waals surface area contributed by atoms with Gasteiger partial charge >= 0.3 is 0 Å². The number of aliphatic hydroxyl groups is 3. The second-order valence-electron chi connectivity index (χ2n) is 12.3. The number of carbonyl (C=O) groups excluding carboxylic acids is 2. The van der Waals surface area contributed by atoms with Crippen LogP contribution in [-0.4, -0.2) is 87.8 Å². The van der Waals surface area contributed by atoms with E-state index < -0.39 is 41.1 Å². The first kappa shape index (κ1) is 29.8. The Kier molecular flexibility index (Phi) is 7.69. The van der Waals surface area contributed by atoms with Gasteiger partial charge < -0.3 is 36.8 Å². The number of Topliss-reactive ketones (excluding diaryl/α,β-unsaturated/α-hetero) is 1. The fourth-order valence-electron chi connectivity index (χ4n) is 7.61. The molecule has 2 aromatic carbocycles. The Morgan fingerprint density at radius 2 is 1.81 bits per heavy atom. The molecule has 3 unspecified atom stereocenters. The molecular formula is C32H40N4O6. The minimum atomic E-state index is -2.02. The molecule has 3 aliphatic rings. The van der Waals surface area contributed by atoms with Gasteiger partial charge in [0.15, 0.2) is 5.78 Å². The van der Waals surface area contributed by atoms with Gasteiger partial charge in [-0.2, -0.15) is 0 Å². The number of hydrogen-bond acceptors (Lipinski definition) is 9. The summed E-state index contributed by atoms with van der Waals surface area (Å²) >= 11 is 0. The lowest BCUT2D eigenvalue weighted by Crippen LogP contribution is -2.59. The molecule has 0 fully saturated rings. The molecule has 0 spiro atoms. The smallest absolute Gasteiger partial charge is 0.251 e. The van der Waals surface area contributed by atoms with Crippen LogP contribution in [-0.2, 0) is 17.8 Å². The van der Waals surface area contributed by atoms with Crippen LogP contribution >= 0.6 is 0 Å². The molecule has 1 amide bonds. The first-order valence-electron chi connectivity index (χ1n) is 14.2. The Hall–Kier alpha value is -3.70. The molecule has 0 bridgehead atoms. The first-order chi connectivity index (χ1) is 19.8. The summed E-state index contributed by atoms with van der Waals surface area (Å²) in [6.07, 6.45) is 0.712. The molecule has 5 rings (SSSR count). The predicted octanol–water partition coefficient (Wildman–Crippen LogP) is 2.25. The summed E-state index contributed by atoms with van der Waals surface area (Å²) in [6.45, 7) is 3.34. The number of benzene rings is 2. The largest absolute Gasteiger partial charge is 0.511 e. The lowest BCUT2D eigenvalue weighted by Gasteiger charge is -2.52. The molecule has 0 heterocycles. The van der Waals surface area contributed by atoms with Crippen molar-refractivity contribution < 1.29 is 30.0 Å². The summed E-state index contributed by atoms with van der Waals surface area (Å²) < 4.78 is 0. The maximum Gasteiger partial charge on any atom is 0.251 e. The van der Waals surface area contributed by atoms with Crippen molar-refractivity contribution in [2.24, 2.45) is 29.2 Å². The van der Waals surface area contributed by atoms with Gasteiger partial charge in [-0.05, 0) is 87.1 Å². The Labute approximate surface area is 245 Å². The molecule has 42 heavy (non-hydrogen) atoms. The quantitative estimate of drug-likeness (QED) is 0.289. The van der Waals surface area contributed by atoms with Gasteiger partial charge in [-0.15, -0.1) is 0 Å². The molecule has 0 aromatic heterocycles. The maximum atomic E-state index is 14.1. The van der Waals surface area contributed by atoms with Crippen molar-refractivity contribution in [1.29, 1.82) is 0 Å². The molecular weight excluding hydrogens is 536 g/mol. The van der Waals surface area contributed by atoms with Gasteiger partial charge in [0, 0.05) is 25.2 Å². The Bertz CT molecular complexity index is 1510. The van der Waals surface area contributed by atoms with Crippen LogP contribution < -0.4 is 11.5 Å². The highest BCUT2D eigenvalue weighted by atomic mass is 16.3. The molecule has 224 valence electrons. The Morgan fingerprint density at radius 1 is 1.10 bits per heavy atom. The lowest BCUT2D eigenvalue weighted by atomic mass is 9.56. The zero-order valence-electron chi connectivity index (χ0n) is 24.5. The first-order valence-corrected chi connectivity index (χ1v) is 14.2. The molecule has 10 heteroatoms. The molecule has 10 nitrogen and oxygen atoms in total. The van der Waals surface area contributed by atoms with E-state index in [-0.39, 0.29) is 34.0 Å². The van der Waals surface area contributed by atoms with Crippen molar-refractivity contribution in [3.05, 3.63) is 75.8 Å². The summed E-state index contributed by atoms with van der Waals surface area (Å²) in [7, 11) is 5.48. The average Bonchev–Trinajstić information content (AvgIpc) is 2.87. The second kappa shape index (κ2) is 10.9. The topological polar surface area (TPSA) is 174 Å². The third-order valence-electron chi connectivity index (χ3n) is 9.23. The van der Waals surface area contributed by atoms with E-state index in [1.807, 2.05) is 31.3 Å². The molecule has 0 radical (unpaired) electrons. The minimum absolute atomic E-state index is 0.122. The van der Waals surface area contributed by atoms with Crippen molar-refractivity contribution in [1.82, 2.24) is 9.80 Å². The number of primary amides is 1. The summed E-state index contributed by atoms with van der Waals surface area (Å²) in [4.78, 5) is 30.3. The zero-order valence-corrected chi connectivity index (χ0v) is 24.5. The number of ketones is 1. The van der Waals surface area contributed by atoms with Gasteiger partial charge in [-0.25, -0.2) is 0 Å². The average molecular weight is 577 g/mol. The van der Waals surface area contributed by atoms with Gasteiger partial charge in [0.1, 0.15) is 22.9 Å². The number of carbonyl (C=O) groups is 2. The van der Waals surface area contributed by atoms with Crippen LogP contribution in [0.15, 0.2) is 59.1 Å². The Balaban J connectivity index is 1.63. The van der Waals surface area contributed by atoms with Crippen LogP contribution in [0.1, 0.15) is 34.8 Å².